The fraction of sp³-hybridized carbons (Fsp3) is 0.292. The molecule has 6 nitrogen and oxygen atoms in total. The quantitative estimate of drug-likeness (QED) is 0.564. The van der Waals surface area contributed by atoms with E-state index in [0.717, 1.165) is 6.42 Å². The zero-order valence-corrected chi connectivity index (χ0v) is 17.2. The van der Waals surface area contributed by atoms with E-state index in [2.05, 4.69) is 4.98 Å². The predicted molar refractivity (Wildman–Crippen MR) is 113 cm³/mol. The van der Waals surface area contributed by atoms with Crippen LogP contribution in [0.5, 0.6) is 0 Å². The lowest BCUT2D eigenvalue weighted by atomic mass is 9.96. The van der Waals surface area contributed by atoms with Crippen molar-refractivity contribution in [2.24, 2.45) is 5.92 Å². The number of ether oxygens (including phenoxy) is 1. The van der Waals surface area contributed by atoms with Crippen LogP contribution in [-0.4, -0.2) is 41.5 Å². The van der Waals surface area contributed by atoms with Crippen LogP contribution in [0.15, 0.2) is 59.1 Å². The molecule has 0 radical (unpaired) electrons. The topological polar surface area (TPSA) is 72.6 Å². The first-order valence-corrected chi connectivity index (χ1v) is 10.3. The van der Waals surface area contributed by atoms with Gasteiger partial charge in [0.05, 0.1) is 29.8 Å². The summed E-state index contributed by atoms with van der Waals surface area (Å²) in [6.07, 6.45) is 2.89. The smallest absolute Gasteiger partial charge is 0.310 e. The van der Waals surface area contributed by atoms with Crippen molar-refractivity contribution >= 4 is 11.9 Å². The highest BCUT2D eigenvalue weighted by molar-refractivity contribution is 6.00. The average molecular weight is 422 g/mol. The average Bonchev–Trinajstić information content (AvgIpc) is 3.29. The molecule has 1 amide bonds. The van der Waals surface area contributed by atoms with E-state index in [9.17, 15) is 14.0 Å². The fourth-order valence-corrected chi connectivity index (χ4v) is 3.82. The Morgan fingerprint density at radius 2 is 1.90 bits per heavy atom. The number of halogens is 1. The van der Waals surface area contributed by atoms with Gasteiger partial charge >= 0.3 is 5.97 Å². The summed E-state index contributed by atoms with van der Waals surface area (Å²) in [6.45, 7) is 2.97. The van der Waals surface area contributed by atoms with E-state index in [1.54, 1.807) is 54.3 Å². The van der Waals surface area contributed by atoms with E-state index in [4.69, 9.17) is 9.15 Å². The Bertz CT molecular complexity index is 1090. The minimum Gasteiger partial charge on any atom is -0.466 e. The van der Waals surface area contributed by atoms with E-state index in [0.29, 0.717) is 42.8 Å². The highest BCUT2D eigenvalue weighted by atomic mass is 19.1. The molecule has 0 unspecified atom stereocenters. The normalized spacial score (nSPS) is 16.2. The largest absolute Gasteiger partial charge is 0.466 e. The summed E-state index contributed by atoms with van der Waals surface area (Å²) >= 11 is 0. The van der Waals surface area contributed by atoms with E-state index >= 15 is 0 Å². The lowest BCUT2D eigenvalue weighted by Gasteiger charge is -2.31. The van der Waals surface area contributed by atoms with Crippen LogP contribution >= 0.6 is 0 Å². The van der Waals surface area contributed by atoms with Crippen molar-refractivity contribution in [1.82, 2.24) is 9.88 Å². The van der Waals surface area contributed by atoms with Gasteiger partial charge in [-0.15, -0.1) is 0 Å². The standard InChI is InChI=1S/C24H23FN2O4/c1-2-30-24(29)16-8-7-13-27(15-16)23(28)18-10-4-3-9-17(18)22-26-14-21(31-22)19-11-5-6-12-20(19)25/h3-6,9-12,14,16H,2,7-8,13,15H2,1H3/t16-/m0/s1. The van der Waals surface area contributed by atoms with Gasteiger partial charge in [0.25, 0.3) is 5.91 Å². The number of benzene rings is 2. The SMILES string of the molecule is CCOC(=O)[C@H]1CCCN(C(=O)c2ccccc2-c2ncc(-c3ccccc3F)o2)C1. The lowest BCUT2D eigenvalue weighted by molar-refractivity contribution is -0.149. The van der Waals surface area contributed by atoms with Crippen molar-refractivity contribution in [2.45, 2.75) is 19.8 Å². The van der Waals surface area contributed by atoms with Crippen molar-refractivity contribution in [1.29, 1.82) is 0 Å². The molecule has 2 heterocycles. The molecule has 1 aliphatic heterocycles. The number of oxazole rings is 1. The van der Waals surface area contributed by atoms with Crippen LogP contribution in [0, 0.1) is 11.7 Å². The van der Waals surface area contributed by atoms with Crippen molar-refractivity contribution in [3.63, 3.8) is 0 Å². The zero-order chi connectivity index (χ0) is 21.8. The Labute approximate surface area is 179 Å². The van der Waals surface area contributed by atoms with Gasteiger partial charge in [-0.05, 0) is 44.0 Å². The van der Waals surface area contributed by atoms with Crippen LogP contribution in [-0.2, 0) is 9.53 Å². The summed E-state index contributed by atoms with van der Waals surface area (Å²) in [7, 11) is 0. The molecular weight excluding hydrogens is 399 g/mol. The molecule has 1 atom stereocenters. The lowest BCUT2D eigenvalue weighted by Crippen LogP contribution is -2.43. The molecule has 1 aliphatic rings. The number of esters is 1. The molecule has 0 saturated carbocycles. The van der Waals surface area contributed by atoms with Gasteiger partial charge in [0, 0.05) is 18.7 Å². The molecule has 1 saturated heterocycles. The van der Waals surface area contributed by atoms with Crippen LogP contribution in [0.3, 0.4) is 0 Å². The number of carbonyl (C=O) groups is 2. The van der Waals surface area contributed by atoms with Gasteiger partial charge < -0.3 is 14.1 Å². The minimum atomic E-state index is -0.409. The Morgan fingerprint density at radius 3 is 2.68 bits per heavy atom. The molecule has 3 aromatic rings. The number of amides is 1. The molecule has 160 valence electrons. The monoisotopic (exact) mass is 422 g/mol. The number of carbonyl (C=O) groups excluding carboxylic acids is 2. The van der Waals surface area contributed by atoms with E-state index in [1.807, 2.05) is 0 Å². The molecular formula is C24H23FN2O4. The Morgan fingerprint density at radius 1 is 1.16 bits per heavy atom. The van der Waals surface area contributed by atoms with Crippen molar-refractivity contribution in [3.05, 3.63) is 66.1 Å². The first kappa shape index (κ1) is 20.8. The number of nitrogens with zero attached hydrogens (tertiary/aromatic N) is 2. The number of likely N-dealkylation sites (tertiary alicyclic amines) is 1. The van der Waals surface area contributed by atoms with Crippen LogP contribution in [0.1, 0.15) is 30.1 Å². The molecule has 0 N–H and O–H groups in total. The summed E-state index contributed by atoms with van der Waals surface area (Å²) in [5.74, 6) is -0.672. The number of piperidine rings is 1. The number of aromatic nitrogens is 1. The predicted octanol–water partition coefficient (Wildman–Crippen LogP) is 4.56. The number of hydrogen-bond donors (Lipinski definition) is 0. The Kier molecular flexibility index (Phi) is 6.11. The molecule has 4 rings (SSSR count). The van der Waals surface area contributed by atoms with Gasteiger partial charge in [0.1, 0.15) is 5.82 Å². The van der Waals surface area contributed by atoms with Gasteiger partial charge in [-0.25, -0.2) is 9.37 Å². The van der Waals surface area contributed by atoms with Gasteiger partial charge in [-0.1, -0.05) is 24.3 Å². The second-order valence-corrected chi connectivity index (χ2v) is 7.40. The molecule has 31 heavy (non-hydrogen) atoms. The van der Waals surface area contributed by atoms with E-state index in [-0.39, 0.29) is 29.4 Å². The maximum Gasteiger partial charge on any atom is 0.310 e. The molecule has 1 aromatic heterocycles. The summed E-state index contributed by atoms with van der Waals surface area (Å²) in [4.78, 5) is 31.4. The summed E-state index contributed by atoms with van der Waals surface area (Å²) < 4.78 is 25.0. The summed E-state index contributed by atoms with van der Waals surface area (Å²) in [5.41, 5.74) is 1.25. The Hall–Kier alpha value is -3.48. The third-order valence-electron chi connectivity index (χ3n) is 5.36. The molecule has 0 bridgehead atoms. The maximum absolute atomic E-state index is 14.1. The zero-order valence-electron chi connectivity index (χ0n) is 17.2. The van der Waals surface area contributed by atoms with E-state index in [1.165, 1.54) is 12.3 Å². The van der Waals surface area contributed by atoms with Gasteiger partial charge in [-0.3, -0.25) is 9.59 Å². The van der Waals surface area contributed by atoms with Crippen LogP contribution in [0.25, 0.3) is 22.8 Å². The number of rotatable bonds is 5. The van der Waals surface area contributed by atoms with Gasteiger partial charge in [0.15, 0.2) is 5.76 Å². The molecule has 7 heteroatoms. The summed E-state index contributed by atoms with van der Waals surface area (Å²) in [6, 6.07) is 13.3. The molecule has 0 spiro atoms. The second kappa shape index (κ2) is 9.12. The van der Waals surface area contributed by atoms with Crippen molar-refractivity contribution in [2.75, 3.05) is 19.7 Å². The van der Waals surface area contributed by atoms with Crippen molar-refractivity contribution < 1.29 is 23.1 Å². The Balaban J connectivity index is 1.60. The molecule has 1 fully saturated rings. The third-order valence-corrected chi connectivity index (χ3v) is 5.36. The first-order valence-electron chi connectivity index (χ1n) is 10.3. The van der Waals surface area contributed by atoms with Crippen molar-refractivity contribution in [3.8, 4) is 22.8 Å². The third kappa shape index (κ3) is 4.35. The highest BCUT2D eigenvalue weighted by Crippen LogP contribution is 2.30. The first-order chi connectivity index (χ1) is 15.1. The van der Waals surface area contributed by atoms with E-state index < -0.39 is 5.82 Å². The highest BCUT2D eigenvalue weighted by Gasteiger charge is 2.31. The minimum absolute atomic E-state index is 0.199. The van der Waals surface area contributed by atoms with Gasteiger partial charge in [-0.2, -0.15) is 0 Å². The summed E-state index contributed by atoms with van der Waals surface area (Å²) in [5, 5.41) is 0. The maximum atomic E-state index is 14.1. The van der Waals surface area contributed by atoms with Crippen LogP contribution in [0.2, 0.25) is 0 Å². The second-order valence-electron chi connectivity index (χ2n) is 7.40. The van der Waals surface area contributed by atoms with Crippen LogP contribution in [0.4, 0.5) is 4.39 Å². The fourth-order valence-electron chi connectivity index (χ4n) is 3.82. The molecule has 0 aliphatic carbocycles. The van der Waals surface area contributed by atoms with Gasteiger partial charge in [0.2, 0.25) is 5.89 Å². The molecule has 2 aromatic carbocycles. The number of hydrogen-bond acceptors (Lipinski definition) is 5. The van der Waals surface area contributed by atoms with Crippen LogP contribution < -0.4 is 0 Å².